The first-order chi connectivity index (χ1) is 9.95. The molecule has 2 N–H and O–H groups in total. The highest BCUT2D eigenvalue weighted by Crippen LogP contribution is 2.18. The van der Waals surface area contributed by atoms with Crippen molar-refractivity contribution in [1.82, 2.24) is 0 Å². The van der Waals surface area contributed by atoms with Crippen LogP contribution in [0.15, 0.2) is 42.5 Å². The van der Waals surface area contributed by atoms with E-state index < -0.39 is 0 Å². The number of amides is 2. The second-order valence-corrected chi connectivity index (χ2v) is 5.03. The molecule has 21 heavy (non-hydrogen) atoms. The SMILES string of the molecule is CC(=O)Nc1cccc(C(=O)Nc2ccc(C)cc2C)c1. The van der Waals surface area contributed by atoms with Crippen LogP contribution in [0.25, 0.3) is 0 Å². The molecule has 4 heteroatoms. The number of aryl methyl sites for hydroxylation is 2. The zero-order valence-electron chi connectivity index (χ0n) is 12.4. The van der Waals surface area contributed by atoms with Gasteiger partial charge in [-0.2, -0.15) is 0 Å². The first kappa shape index (κ1) is 14.8. The molecule has 0 fully saturated rings. The van der Waals surface area contributed by atoms with Gasteiger partial charge in [-0.15, -0.1) is 0 Å². The fourth-order valence-electron chi connectivity index (χ4n) is 2.09. The summed E-state index contributed by atoms with van der Waals surface area (Å²) in [5, 5.41) is 5.55. The van der Waals surface area contributed by atoms with Crippen LogP contribution in [0.1, 0.15) is 28.4 Å². The standard InChI is InChI=1S/C17H18N2O2/c1-11-7-8-16(12(2)9-11)19-17(21)14-5-4-6-15(10-14)18-13(3)20/h4-10H,1-3H3,(H,18,20)(H,19,21). The molecule has 0 radical (unpaired) electrons. The van der Waals surface area contributed by atoms with Gasteiger partial charge in [-0.3, -0.25) is 9.59 Å². The third-order valence-corrected chi connectivity index (χ3v) is 3.08. The van der Waals surface area contributed by atoms with Gasteiger partial charge in [0.25, 0.3) is 5.91 Å². The van der Waals surface area contributed by atoms with Crippen LogP contribution in [-0.2, 0) is 4.79 Å². The van der Waals surface area contributed by atoms with E-state index >= 15 is 0 Å². The van der Waals surface area contributed by atoms with Crippen LogP contribution >= 0.6 is 0 Å². The lowest BCUT2D eigenvalue weighted by Gasteiger charge is -2.10. The summed E-state index contributed by atoms with van der Waals surface area (Å²) in [5.41, 5.74) is 4.06. The Balaban J connectivity index is 2.18. The van der Waals surface area contributed by atoms with Crippen LogP contribution in [0.3, 0.4) is 0 Å². The third-order valence-electron chi connectivity index (χ3n) is 3.08. The molecule has 0 saturated heterocycles. The number of carbonyl (C=O) groups excluding carboxylic acids is 2. The molecule has 2 amide bonds. The molecular weight excluding hydrogens is 264 g/mol. The number of rotatable bonds is 3. The molecule has 0 heterocycles. The average molecular weight is 282 g/mol. The summed E-state index contributed by atoms with van der Waals surface area (Å²) in [6.07, 6.45) is 0. The second kappa shape index (κ2) is 6.22. The van der Waals surface area contributed by atoms with Gasteiger partial charge in [0.15, 0.2) is 0 Å². The summed E-state index contributed by atoms with van der Waals surface area (Å²) in [6, 6.07) is 12.7. The largest absolute Gasteiger partial charge is 0.326 e. The topological polar surface area (TPSA) is 58.2 Å². The van der Waals surface area contributed by atoms with Crippen molar-refractivity contribution in [2.75, 3.05) is 10.6 Å². The van der Waals surface area contributed by atoms with Crippen LogP contribution in [0, 0.1) is 13.8 Å². The maximum Gasteiger partial charge on any atom is 0.255 e. The van der Waals surface area contributed by atoms with Gasteiger partial charge in [-0.25, -0.2) is 0 Å². The number of carbonyl (C=O) groups is 2. The van der Waals surface area contributed by atoms with Crippen LogP contribution in [0.5, 0.6) is 0 Å². The second-order valence-electron chi connectivity index (χ2n) is 5.03. The Morgan fingerprint density at radius 1 is 0.952 bits per heavy atom. The predicted molar refractivity (Wildman–Crippen MR) is 84.6 cm³/mol. The quantitative estimate of drug-likeness (QED) is 0.905. The molecule has 108 valence electrons. The minimum Gasteiger partial charge on any atom is -0.326 e. The highest BCUT2D eigenvalue weighted by atomic mass is 16.2. The van der Waals surface area contributed by atoms with Gasteiger partial charge < -0.3 is 10.6 Å². The molecule has 0 aromatic heterocycles. The zero-order chi connectivity index (χ0) is 15.4. The fraction of sp³-hybridized carbons (Fsp3) is 0.176. The Kier molecular flexibility index (Phi) is 4.38. The monoisotopic (exact) mass is 282 g/mol. The van der Waals surface area contributed by atoms with Gasteiger partial charge in [-0.05, 0) is 43.7 Å². The van der Waals surface area contributed by atoms with E-state index in [1.54, 1.807) is 24.3 Å². The maximum atomic E-state index is 12.3. The fourth-order valence-corrected chi connectivity index (χ4v) is 2.09. The maximum absolute atomic E-state index is 12.3. The molecule has 0 atom stereocenters. The Morgan fingerprint density at radius 3 is 2.38 bits per heavy atom. The lowest BCUT2D eigenvalue weighted by molar-refractivity contribution is -0.114. The average Bonchev–Trinajstić information content (AvgIpc) is 2.41. The third kappa shape index (κ3) is 3.92. The van der Waals surface area contributed by atoms with Crippen molar-refractivity contribution in [1.29, 1.82) is 0 Å². The molecule has 4 nitrogen and oxygen atoms in total. The molecule has 0 bridgehead atoms. The van der Waals surface area contributed by atoms with Crippen molar-refractivity contribution in [3.05, 3.63) is 59.2 Å². The van der Waals surface area contributed by atoms with E-state index in [4.69, 9.17) is 0 Å². The number of nitrogens with one attached hydrogen (secondary N) is 2. The van der Waals surface area contributed by atoms with Crippen molar-refractivity contribution in [3.8, 4) is 0 Å². The van der Waals surface area contributed by atoms with Gasteiger partial charge in [0, 0.05) is 23.9 Å². The van der Waals surface area contributed by atoms with Crippen LogP contribution in [0.4, 0.5) is 11.4 Å². The van der Waals surface area contributed by atoms with Gasteiger partial charge >= 0.3 is 0 Å². The van der Waals surface area contributed by atoms with Crippen LogP contribution in [0.2, 0.25) is 0 Å². The summed E-state index contributed by atoms with van der Waals surface area (Å²) in [4.78, 5) is 23.3. The molecule has 2 aromatic rings. The van der Waals surface area contributed by atoms with Crippen LogP contribution in [-0.4, -0.2) is 11.8 Å². The minimum atomic E-state index is -0.200. The minimum absolute atomic E-state index is 0.165. The first-order valence-corrected chi connectivity index (χ1v) is 6.72. The van der Waals surface area contributed by atoms with E-state index in [-0.39, 0.29) is 11.8 Å². The van der Waals surface area contributed by atoms with Crippen LogP contribution < -0.4 is 10.6 Å². The first-order valence-electron chi connectivity index (χ1n) is 6.72. The normalized spacial score (nSPS) is 10.0. The van der Waals surface area contributed by atoms with E-state index in [0.717, 1.165) is 16.8 Å². The van der Waals surface area contributed by atoms with Crippen molar-refractivity contribution in [2.45, 2.75) is 20.8 Å². The highest BCUT2D eigenvalue weighted by molar-refractivity contribution is 6.05. The summed E-state index contributed by atoms with van der Waals surface area (Å²) >= 11 is 0. The lowest BCUT2D eigenvalue weighted by atomic mass is 10.1. The lowest BCUT2D eigenvalue weighted by Crippen LogP contribution is -2.13. The summed E-state index contributed by atoms with van der Waals surface area (Å²) < 4.78 is 0. The molecular formula is C17H18N2O2. The number of benzene rings is 2. The van der Waals surface area contributed by atoms with E-state index in [2.05, 4.69) is 10.6 Å². The van der Waals surface area contributed by atoms with Crippen molar-refractivity contribution in [2.24, 2.45) is 0 Å². The molecule has 0 saturated carbocycles. The number of anilines is 2. The van der Waals surface area contributed by atoms with E-state index in [1.165, 1.54) is 6.92 Å². The summed E-state index contributed by atoms with van der Waals surface area (Å²) in [5.74, 6) is -0.365. The molecule has 2 rings (SSSR count). The molecule has 0 aliphatic carbocycles. The molecule has 2 aromatic carbocycles. The molecule has 0 aliphatic heterocycles. The summed E-state index contributed by atoms with van der Waals surface area (Å²) in [6.45, 7) is 5.40. The van der Waals surface area contributed by atoms with E-state index in [9.17, 15) is 9.59 Å². The Hall–Kier alpha value is -2.62. The molecule has 0 spiro atoms. The molecule has 0 unspecified atom stereocenters. The Morgan fingerprint density at radius 2 is 1.71 bits per heavy atom. The zero-order valence-corrected chi connectivity index (χ0v) is 12.4. The number of hydrogen-bond donors (Lipinski definition) is 2. The molecule has 0 aliphatic rings. The van der Waals surface area contributed by atoms with Crippen molar-refractivity contribution >= 4 is 23.2 Å². The van der Waals surface area contributed by atoms with Gasteiger partial charge in [0.1, 0.15) is 0 Å². The smallest absolute Gasteiger partial charge is 0.255 e. The van der Waals surface area contributed by atoms with Crippen molar-refractivity contribution < 1.29 is 9.59 Å². The Bertz CT molecular complexity index is 693. The van der Waals surface area contributed by atoms with Gasteiger partial charge in [0.2, 0.25) is 5.91 Å². The van der Waals surface area contributed by atoms with Gasteiger partial charge in [-0.1, -0.05) is 23.8 Å². The number of hydrogen-bond acceptors (Lipinski definition) is 2. The van der Waals surface area contributed by atoms with Crippen molar-refractivity contribution in [3.63, 3.8) is 0 Å². The van der Waals surface area contributed by atoms with E-state index in [0.29, 0.717) is 11.3 Å². The summed E-state index contributed by atoms with van der Waals surface area (Å²) in [7, 11) is 0. The van der Waals surface area contributed by atoms with E-state index in [1.807, 2.05) is 32.0 Å². The van der Waals surface area contributed by atoms with Gasteiger partial charge in [0.05, 0.1) is 0 Å². The predicted octanol–water partition coefficient (Wildman–Crippen LogP) is 3.51. The Labute approximate surface area is 124 Å². The highest BCUT2D eigenvalue weighted by Gasteiger charge is 2.08.